The first-order chi connectivity index (χ1) is 10.4. The van der Waals surface area contributed by atoms with Crippen molar-refractivity contribution < 1.29 is 4.79 Å². The zero-order chi connectivity index (χ0) is 16.3. The van der Waals surface area contributed by atoms with Gasteiger partial charge in [0.05, 0.1) is 24.5 Å². The third kappa shape index (κ3) is 3.94. The molecule has 0 unspecified atom stereocenters. The lowest BCUT2D eigenvalue weighted by molar-refractivity contribution is -0.115. The largest absolute Gasteiger partial charge is 0.310 e. The molecule has 0 saturated carbocycles. The second-order valence-electron chi connectivity index (χ2n) is 5.75. The molecule has 0 aliphatic heterocycles. The predicted octanol–water partition coefficient (Wildman–Crippen LogP) is 1.41. The minimum atomic E-state index is -0.0845. The Hall–Kier alpha value is -2.15. The van der Waals surface area contributed by atoms with Gasteiger partial charge in [-0.05, 0) is 33.3 Å². The number of aromatic nitrogens is 4. The Morgan fingerprint density at radius 2 is 2.09 bits per heavy atom. The molecule has 2 aromatic rings. The third-order valence-electron chi connectivity index (χ3n) is 3.73. The Morgan fingerprint density at radius 3 is 2.64 bits per heavy atom. The van der Waals surface area contributed by atoms with Gasteiger partial charge >= 0.3 is 0 Å². The van der Waals surface area contributed by atoms with Gasteiger partial charge < -0.3 is 10.6 Å². The van der Waals surface area contributed by atoms with Gasteiger partial charge in [-0.25, -0.2) is 0 Å². The zero-order valence-electron chi connectivity index (χ0n) is 13.8. The van der Waals surface area contributed by atoms with E-state index in [-0.39, 0.29) is 24.5 Å². The van der Waals surface area contributed by atoms with Crippen molar-refractivity contribution in [3.8, 4) is 0 Å². The molecule has 0 radical (unpaired) electrons. The van der Waals surface area contributed by atoms with Crippen LogP contribution in [0.2, 0.25) is 0 Å². The van der Waals surface area contributed by atoms with Gasteiger partial charge in [-0.3, -0.25) is 14.2 Å². The standard InChI is InChI=1S/C15H24N6O/c1-10-7-17-21(9-10)13(4)12(3)16-8-15(22)18-14-6-11(2)19-20(14)5/h6-7,9,12-13,16H,8H2,1-5H3,(H,18,22)/t12-,13-/m1/s1. The highest BCUT2D eigenvalue weighted by molar-refractivity contribution is 5.91. The Bertz CT molecular complexity index is 644. The van der Waals surface area contributed by atoms with E-state index in [0.29, 0.717) is 5.82 Å². The molecule has 0 aliphatic carbocycles. The molecule has 0 fully saturated rings. The van der Waals surface area contributed by atoms with Crippen molar-refractivity contribution in [1.29, 1.82) is 0 Å². The van der Waals surface area contributed by atoms with E-state index in [1.807, 2.05) is 43.9 Å². The molecule has 120 valence electrons. The number of aryl methyl sites for hydroxylation is 3. The molecule has 7 heteroatoms. The van der Waals surface area contributed by atoms with E-state index >= 15 is 0 Å². The average molecular weight is 304 g/mol. The van der Waals surface area contributed by atoms with Crippen LogP contribution in [0.3, 0.4) is 0 Å². The summed E-state index contributed by atoms with van der Waals surface area (Å²) in [5, 5.41) is 14.6. The van der Waals surface area contributed by atoms with Crippen LogP contribution in [0.15, 0.2) is 18.5 Å². The van der Waals surface area contributed by atoms with Crippen molar-refractivity contribution in [2.75, 3.05) is 11.9 Å². The Kier molecular flexibility index (Phi) is 4.97. The van der Waals surface area contributed by atoms with Crippen LogP contribution in [-0.2, 0) is 11.8 Å². The number of anilines is 1. The normalized spacial score (nSPS) is 13.9. The SMILES string of the molecule is Cc1cnn([C@H](C)[C@@H](C)NCC(=O)Nc2cc(C)nn2C)c1. The summed E-state index contributed by atoms with van der Waals surface area (Å²) in [6.07, 6.45) is 3.84. The number of hydrogen-bond donors (Lipinski definition) is 2. The number of nitrogens with one attached hydrogen (secondary N) is 2. The smallest absolute Gasteiger partial charge is 0.239 e. The number of carbonyl (C=O) groups is 1. The van der Waals surface area contributed by atoms with Crippen molar-refractivity contribution in [2.45, 2.75) is 39.8 Å². The van der Waals surface area contributed by atoms with E-state index in [2.05, 4.69) is 27.8 Å². The number of nitrogens with zero attached hydrogens (tertiary/aromatic N) is 4. The van der Waals surface area contributed by atoms with E-state index in [0.717, 1.165) is 11.3 Å². The fourth-order valence-corrected chi connectivity index (χ4v) is 2.22. The molecule has 0 spiro atoms. The van der Waals surface area contributed by atoms with Crippen LogP contribution in [0, 0.1) is 13.8 Å². The summed E-state index contributed by atoms with van der Waals surface area (Å²) >= 11 is 0. The maximum Gasteiger partial charge on any atom is 0.239 e. The van der Waals surface area contributed by atoms with Gasteiger partial charge in [0.25, 0.3) is 0 Å². The molecule has 2 heterocycles. The van der Waals surface area contributed by atoms with Gasteiger partial charge in [-0.1, -0.05) is 0 Å². The lowest BCUT2D eigenvalue weighted by Gasteiger charge is -2.21. The van der Waals surface area contributed by atoms with Crippen LogP contribution in [-0.4, -0.2) is 38.1 Å². The van der Waals surface area contributed by atoms with E-state index in [1.165, 1.54) is 0 Å². The maximum atomic E-state index is 12.0. The minimum Gasteiger partial charge on any atom is -0.310 e. The molecule has 2 aromatic heterocycles. The monoisotopic (exact) mass is 304 g/mol. The molecule has 2 rings (SSSR count). The highest BCUT2D eigenvalue weighted by Crippen LogP contribution is 2.11. The van der Waals surface area contributed by atoms with Gasteiger partial charge in [0.2, 0.25) is 5.91 Å². The van der Waals surface area contributed by atoms with Crippen LogP contribution in [0.4, 0.5) is 5.82 Å². The van der Waals surface area contributed by atoms with Gasteiger partial charge in [-0.2, -0.15) is 10.2 Å². The van der Waals surface area contributed by atoms with Crippen LogP contribution >= 0.6 is 0 Å². The van der Waals surface area contributed by atoms with E-state index in [1.54, 1.807) is 11.7 Å². The molecular weight excluding hydrogens is 280 g/mol. The average Bonchev–Trinajstić information content (AvgIpc) is 3.01. The number of carbonyl (C=O) groups excluding carboxylic acids is 1. The van der Waals surface area contributed by atoms with Crippen molar-refractivity contribution in [2.24, 2.45) is 7.05 Å². The molecular formula is C15H24N6O. The summed E-state index contributed by atoms with van der Waals surface area (Å²) in [5.41, 5.74) is 2.00. The Balaban J connectivity index is 1.84. The lowest BCUT2D eigenvalue weighted by atomic mass is 10.2. The van der Waals surface area contributed by atoms with E-state index in [9.17, 15) is 4.79 Å². The van der Waals surface area contributed by atoms with Crippen molar-refractivity contribution in [3.63, 3.8) is 0 Å². The van der Waals surface area contributed by atoms with Gasteiger partial charge in [0.1, 0.15) is 5.82 Å². The van der Waals surface area contributed by atoms with E-state index in [4.69, 9.17) is 0 Å². The van der Waals surface area contributed by atoms with Crippen molar-refractivity contribution in [3.05, 3.63) is 29.7 Å². The molecule has 2 N–H and O–H groups in total. The van der Waals surface area contributed by atoms with Crippen molar-refractivity contribution in [1.82, 2.24) is 24.9 Å². The van der Waals surface area contributed by atoms with Crippen LogP contribution in [0.5, 0.6) is 0 Å². The summed E-state index contributed by atoms with van der Waals surface area (Å²) in [7, 11) is 1.81. The molecule has 0 saturated heterocycles. The highest BCUT2D eigenvalue weighted by Gasteiger charge is 2.16. The van der Waals surface area contributed by atoms with Crippen LogP contribution < -0.4 is 10.6 Å². The van der Waals surface area contributed by atoms with Gasteiger partial charge in [0.15, 0.2) is 0 Å². The number of rotatable bonds is 6. The second kappa shape index (κ2) is 6.74. The summed E-state index contributed by atoms with van der Waals surface area (Å²) < 4.78 is 3.57. The molecule has 1 amide bonds. The zero-order valence-corrected chi connectivity index (χ0v) is 13.8. The van der Waals surface area contributed by atoms with Gasteiger partial charge in [0, 0.05) is 25.4 Å². The molecule has 0 bridgehead atoms. The summed E-state index contributed by atoms with van der Waals surface area (Å²) in [4.78, 5) is 12.0. The third-order valence-corrected chi connectivity index (χ3v) is 3.73. The molecule has 7 nitrogen and oxygen atoms in total. The van der Waals surface area contributed by atoms with Gasteiger partial charge in [-0.15, -0.1) is 0 Å². The highest BCUT2D eigenvalue weighted by atomic mass is 16.2. The summed E-state index contributed by atoms with van der Waals surface area (Å²) in [6, 6.07) is 2.13. The Labute approximate surface area is 130 Å². The maximum absolute atomic E-state index is 12.0. The fourth-order valence-electron chi connectivity index (χ4n) is 2.22. The summed E-state index contributed by atoms with van der Waals surface area (Å²) in [5.74, 6) is 0.617. The second-order valence-corrected chi connectivity index (χ2v) is 5.75. The predicted molar refractivity (Wildman–Crippen MR) is 85.7 cm³/mol. The molecule has 22 heavy (non-hydrogen) atoms. The fraction of sp³-hybridized carbons (Fsp3) is 0.533. The first kappa shape index (κ1) is 16.2. The first-order valence-corrected chi connectivity index (χ1v) is 7.41. The molecule has 0 aliphatic rings. The topological polar surface area (TPSA) is 76.8 Å². The molecule has 2 atom stereocenters. The van der Waals surface area contributed by atoms with Crippen LogP contribution in [0.1, 0.15) is 31.1 Å². The number of amides is 1. The quantitative estimate of drug-likeness (QED) is 0.846. The molecule has 0 aromatic carbocycles. The minimum absolute atomic E-state index is 0.0845. The van der Waals surface area contributed by atoms with E-state index < -0.39 is 0 Å². The van der Waals surface area contributed by atoms with Crippen molar-refractivity contribution >= 4 is 11.7 Å². The lowest BCUT2D eigenvalue weighted by Crippen LogP contribution is -2.39. The van der Waals surface area contributed by atoms with Crippen LogP contribution in [0.25, 0.3) is 0 Å². The number of hydrogen-bond acceptors (Lipinski definition) is 4. The Morgan fingerprint density at radius 1 is 1.36 bits per heavy atom. The first-order valence-electron chi connectivity index (χ1n) is 7.41. The summed E-state index contributed by atoms with van der Waals surface area (Å²) in [6.45, 7) is 8.27.